The minimum absolute atomic E-state index is 0.0192. The minimum Gasteiger partial charge on any atom is -0.497 e. The molecule has 4 aromatic rings. The van der Waals surface area contributed by atoms with Gasteiger partial charge in [-0.3, -0.25) is 4.79 Å². The molecule has 0 aliphatic carbocycles. The van der Waals surface area contributed by atoms with Crippen molar-refractivity contribution in [3.63, 3.8) is 0 Å². The summed E-state index contributed by atoms with van der Waals surface area (Å²) < 4.78 is 35.3. The molecule has 1 amide bonds. The van der Waals surface area contributed by atoms with Crippen LogP contribution in [0.15, 0.2) is 60.7 Å². The molecular formula is C35H43N5O7. The van der Waals surface area contributed by atoms with Gasteiger partial charge in [0, 0.05) is 52.1 Å². The van der Waals surface area contributed by atoms with Crippen molar-refractivity contribution in [2.75, 3.05) is 67.5 Å². The predicted molar refractivity (Wildman–Crippen MR) is 178 cm³/mol. The van der Waals surface area contributed by atoms with E-state index in [0.29, 0.717) is 54.8 Å². The van der Waals surface area contributed by atoms with Crippen LogP contribution >= 0.6 is 0 Å². The molecule has 250 valence electrons. The number of aromatic nitrogens is 2. The molecule has 0 fully saturated rings. The highest BCUT2D eigenvalue weighted by molar-refractivity contribution is 6.03. The highest BCUT2D eigenvalue weighted by Gasteiger charge is 2.30. The van der Waals surface area contributed by atoms with Crippen LogP contribution in [0.4, 0.5) is 11.5 Å². The summed E-state index contributed by atoms with van der Waals surface area (Å²) in [5.41, 5.74) is 4.80. The number of carbonyl (C=O) groups is 1. The molecule has 0 radical (unpaired) electrons. The van der Waals surface area contributed by atoms with Gasteiger partial charge in [-0.25, -0.2) is 4.68 Å². The SMILES string of the molecule is COCOc1cc(Nc2cc(C)nn2Cc2ccc(OC)cc2)c(C(=O)N2Cc3ccc(OCCN(C)C)cc3C2)c(OCOC)c1. The molecule has 1 aliphatic rings. The number of anilines is 2. The van der Waals surface area contributed by atoms with Crippen LogP contribution in [0.5, 0.6) is 23.0 Å². The molecule has 0 saturated carbocycles. The lowest BCUT2D eigenvalue weighted by Gasteiger charge is -2.22. The Morgan fingerprint density at radius 2 is 1.57 bits per heavy atom. The summed E-state index contributed by atoms with van der Waals surface area (Å²) in [6.07, 6.45) is 0. The molecule has 0 atom stereocenters. The van der Waals surface area contributed by atoms with Gasteiger partial charge < -0.3 is 43.5 Å². The molecule has 3 aromatic carbocycles. The molecule has 1 aliphatic heterocycles. The van der Waals surface area contributed by atoms with Crippen LogP contribution in [-0.4, -0.2) is 87.6 Å². The van der Waals surface area contributed by atoms with Gasteiger partial charge in [0.25, 0.3) is 5.91 Å². The molecule has 5 rings (SSSR count). The fourth-order valence-electron chi connectivity index (χ4n) is 5.27. The van der Waals surface area contributed by atoms with E-state index < -0.39 is 0 Å². The zero-order chi connectivity index (χ0) is 33.3. The highest BCUT2D eigenvalue weighted by Crippen LogP contribution is 2.38. The van der Waals surface area contributed by atoms with E-state index in [1.54, 1.807) is 31.3 Å². The largest absolute Gasteiger partial charge is 0.497 e. The number of fused-ring (bicyclic) bond motifs is 1. The van der Waals surface area contributed by atoms with Crippen LogP contribution in [0.3, 0.4) is 0 Å². The highest BCUT2D eigenvalue weighted by atomic mass is 16.7. The third-order valence-electron chi connectivity index (χ3n) is 7.62. The summed E-state index contributed by atoms with van der Waals surface area (Å²) in [5.74, 6) is 2.82. The van der Waals surface area contributed by atoms with Gasteiger partial charge in [-0.1, -0.05) is 18.2 Å². The molecule has 0 bridgehead atoms. The van der Waals surface area contributed by atoms with Crippen molar-refractivity contribution in [3.05, 3.63) is 88.6 Å². The summed E-state index contributed by atoms with van der Waals surface area (Å²) in [4.78, 5) is 18.3. The lowest BCUT2D eigenvalue weighted by Crippen LogP contribution is -2.27. The summed E-state index contributed by atoms with van der Waals surface area (Å²) >= 11 is 0. The topological polar surface area (TPSA) is 109 Å². The van der Waals surface area contributed by atoms with Gasteiger partial charge >= 0.3 is 0 Å². The molecule has 1 N–H and O–H groups in total. The first kappa shape index (κ1) is 33.6. The maximum absolute atomic E-state index is 14.4. The summed E-state index contributed by atoms with van der Waals surface area (Å²) in [6.45, 7) is 4.65. The van der Waals surface area contributed by atoms with Crippen molar-refractivity contribution < 1.29 is 33.2 Å². The fourth-order valence-corrected chi connectivity index (χ4v) is 5.27. The first-order chi connectivity index (χ1) is 22.8. The number of ether oxygens (including phenoxy) is 6. The number of rotatable bonds is 16. The van der Waals surface area contributed by atoms with Crippen LogP contribution in [-0.2, 0) is 29.1 Å². The van der Waals surface area contributed by atoms with Crippen molar-refractivity contribution in [3.8, 4) is 23.0 Å². The first-order valence-corrected chi connectivity index (χ1v) is 15.3. The molecule has 12 heteroatoms. The number of hydrogen-bond donors (Lipinski definition) is 1. The number of likely N-dealkylation sites (N-methyl/N-ethyl adjacent to an activating group) is 1. The van der Waals surface area contributed by atoms with Gasteiger partial charge in [-0.05, 0) is 62.0 Å². The normalized spacial score (nSPS) is 12.3. The van der Waals surface area contributed by atoms with Gasteiger partial charge in [-0.15, -0.1) is 0 Å². The van der Waals surface area contributed by atoms with Gasteiger partial charge in [0.05, 0.1) is 25.0 Å². The van der Waals surface area contributed by atoms with Crippen molar-refractivity contribution in [2.45, 2.75) is 26.6 Å². The Morgan fingerprint density at radius 3 is 2.30 bits per heavy atom. The number of nitrogens with one attached hydrogen (secondary N) is 1. The number of benzene rings is 3. The van der Waals surface area contributed by atoms with Crippen LogP contribution in [0.25, 0.3) is 0 Å². The third kappa shape index (κ3) is 8.53. The number of amides is 1. The lowest BCUT2D eigenvalue weighted by atomic mass is 10.1. The van der Waals surface area contributed by atoms with E-state index >= 15 is 0 Å². The average Bonchev–Trinajstić information content (AvgIpc) is 3.64. The Balaban J connectivity index is 1.47. The predicted octanol–water partition coefficient (Wildman–Crippen LogP) is 5.05. The number of methoxy groups -OCH3 is 3. The van der Waals surface area contributed by atoms with Crippen molar-refractivity contribution in [2.24, 2.45) is 0 Å². The van der Waals surface area contributed by atoms with E-state index in [1.807, 2.05) is 74.2 Å². The van der Waals surface area contributed by atoms with E-state index in [4.69, 9.17) is 33.5 Å². The zero-order valence-corrected chi connectivity index (χ0v) is 27.9. The second-order valence-corrected chi connectivity index (χ2v) is 11.5. The van der Waals surface area contributed by atoms with Gasteiger partial charge in [0.15, 0.2) is 13.6 Å². The van der Waals surface area contributed by atoms with Crippen molar-refractivity contribution >= 4 is 17.4 Å². The Labute approximate surface area is 275 Å². The van der Waals surface area contributed by atoms with E-state index in [1.165, 1.54) is 7.11 Å². The molecule has 47 heavy (non-hydrogen) atoms. The molecule has 0 unspecified atom stereocenters. The van der Waals surface area contributed by atoms with Crippen molar-refractivity contribution in [1.82, 2.24) is 19.6 Å². The Morgan fingerprint density at radius 1 is 0.851 bits per heavy atom. The lowest BCUT2D eigenvalue weighted by molar-refractivity contribution is 0.0450. The number of aryl methyl sites for hydroxylation is 1. The molecule has 12 nitrogen and oxygen atoms in total. The second-order valence-electron chi connectivity index (χ2n) is 11.5. The quantitative estimate of drug-likeness (QED) is 0.166. The zero-order valence-electron chi connectivity index (χ0n) is 27.9. The van der Waals surface area contributed by atoms with Crippen LogP contribution in [0, 0.1) is 6.92 Å². The number of carbonyl (C=O) groups excluding carboxylic acids is 1. The average molecular weight is 646 g/mol. The third-order valence-corrected chi connectivity index (χ3v) is 7.62. The summed E-state index contributed by atoms with van der Waals surface area (Å²) in [6, 6.07) is 19.2. The summed E-state index contributed by atoms with van der Waals surface area (Å²) in [5, 5.41) is 8.19. The van der Waals surface area contributed by atoms with E-state index in [9.17, 15) is 4.79 Å². The molecule has 2 heterocycles. The van der Waals surface area contributed by atoms with E-state index in [0.717, 1.165) is 40.4 Å². The minimum atomic E-state index is -0.207. The standard InChI is InChI=1S/C35H43N5O7/c1-24-15-33(40(37-24)19-25-7-10-28(44-6)11-8-25)36-31-17-30(46-22-42-4)18-32(47-23-43-5)34(31)35(41)39-20-26-9-12-29(16-27(26)21-39)45-14-13-38(2)3/h7-12,15-18,36H,13-14,19-23H2,1-6H3. The number of hydrogen-bond acceptors (Lipinski definition) is 10. The van der Waals surface area contributed by atoms with Gasteiger partial charge in [-0.2, -0.15) is 5.10 Å². The van der Waals surface area contributed by atoms with Crippen LogP contribution in [0.2, 0.25) is 0 Å². The van der Waals surface area contributed by atoms with E-state index in [2.05, 4.69) is 10.2 Å². The van der Waals surface area contributed by atoms with E-state index in [-0.39, 0.29) is 19.5 Å². The number of nitrogens with zero attached hydrogens (tertiary/aromatic N) is 4. The molecule has 0 saturated heterocycles. The molecule has 1 aromatic heterocycles. The maximum Gasteiger partial charge on any atom is 0.260 e. The van der Waals surface area contributed by atoms with Crippen LogP contribution < -0.4 is 24.3 Å². The second kappa shape index (κ2) is 15.7. The summed E-state index contributed by atoms with van der Waals surface area (Å²) in [7, 11) is 8.73. The fraction of sp³-hybridized carbons (Fsp3) is 0.371. The smallest absolute Gasteiger partial charge is 0.260 e. The van der Waals surface area contributed by atoms with Gasteiger partial charge in [0.2, 0.25) is 0 Å². The first-order valence-electron chi connectivity index (χ1n) is 15.3. The Kier molecular flexibility index (Phi) is 11.2. The molecular weight excluding hydrogens is 602 g/mol. The monoisotopic (exact) mass is 645 g/mol. The Bertz CT molecular complexity index is 1660. The van der Waals surface area contributed by atoms with Gasteiger partial charge in [0.1, 0.15) is 41.0 Å². The maximum atomic E-state index is 14.4. The Hall–Kier alpha value is -4.78. The van der Waals surface area contributed by atoms with Crippen LogP contribution in [0.1, 0.15) is 32.7 Å². The molecule has 0 spiro atoms. The van der Waals surface area contributed by atoms with Crippen molar-refractivity contribution in [1.29, 1.82) is 0 Å².